The summed E-state index contributed by atoms with van der Waals surface area (Å²) >= 11 is 0. The van der Waals surface area contributed by atoms with Crippen molar-refractivity contribution in [2.45, 2.75) is 40.2 Å². The number of nitrogens with zero attached hydrogens (tertiary/aromatic N) is 2. The van der Waals surface area contributed by atoms with Gasteiger partial charge in [0.1, 0.15) is 5.75 Å². The van der Waals surface area contributed by atoms with Crippen molar-refractivity contribution in [3.05, 3.63) is 51.8 Å². The SMILES string of the molecule is CCc1nnc(C)cc1C(N)c1cc(C)c(OC)cc1C. The van der Waals surface area contributed by atoms with Crippen molar-refractivity contribution in [2.75, 3.05) is 7.11 Å². The Morgan fingerprint density at radius 2 is 1.76 bits per heavy atom. The Labute approximate surface area is 126 Å². The second-order valence-corrected chi connectivity index (χ2v) is 5.40. The van der Waals surface area contributed by atoms with E-state index in [4.69, 9.17) is 10.5 Å². The average Bonchev–Trinajstić information content (AvgIpc) is 2.48. The summed E-state index contributed by atoms with van der Waals surface area (Å²) in [6.07, 6.45) is 0.824. The lowest BCUT2D eigenvalue weighted by atomic mass is 9.92. The minimum absolute atomic E-state index is 0.196. The molecule has 1 atom stereocenters. The molecule has 2 aromatic rings. The second kappa shape index (κ2) is 6.22. The maximum absolute atomic E-state index is 6.51. The van der Waals surface area contributed by atoms with Gasteiger partial charge in [-0.1, -0.05) is 13.0 Å². The smallest absolute Gasteiger partial charge is 0.122 e. The maximum Gasteiger partial charge on any atom is 0.122 e. The molecule has 0 aliphatic carbocycles. The first-order valence-corrected chi connectivity index (χ1v) is 7.21. The van der Waals surface area contributed by atoms with Crippen molar-refractivity contribution in [3.8, 4) is 5.75 Å². The van der Waals surface area contributed by atoms with E-state index < -0.39 is 0 Å². The van der Waals surface area contributed by atoms with Crippen molar-refractivity contribution in [1.82, 2.24) is 10.2 Å². The molecule has 1 heterocycles. The summed E-state index contributed by atoms with van der Waals surface area (Å²) in [5, 5.41) is 8.40. The van der Waals surface area contributed by atoms with E-state index >= 15 is 0 Å². The number of aryl methyl sites for hydroxylation is 4. The molecule has 112 valence electrons. The van der Waals surface area contributed by atoms with Gasteiger partial charge < -0.3 is 10.5 Å². The highest BCUT2D eigenvalue weighted by Crippen LogP contribution is 2.30. The molecule has 0 bridgehead atoms. The number of hydrogen-bond acceptors (Lipinski definition) is 4. The predicted molar refractivity (Wildman–Crippen MR) is 84.6 cm³/mol. The van der Waals surface area contributed by atoms with E-state index in [2.05, 4.69) is 30.1 Å². The standard InChI is InChI=1S/C17H23N3O/c1-6-15-14(9-12(4)19-20-15)17(18)13-7-11(3)16(21-5)8-10(13)2/h7-9,17H,6,18H2,1-5H3. The van der Waals surface area contributed by atoms with Crippen molar-refractivity contribution in [3.63, 3.8) is 0 Å². The van der Waals surface area contributed by atoms with Gasteiger partial charge in [-0.05, 0) is 61.6 Å². The molecule has 0 fully saturated rings. The number of aromatic nitrogens is 2. The Bertz CT molecular complexity index is 653. The monoisotopic (exact) mass is 285 g/mol. The van der Waals surface area contributed by atoms with E-state index in [0.717, 1.165) is 45.8 Å². The summed E-state index contributed by atoms with van der Waals surface area (Å²) < 4.78 is 5.37. The zero-order valence-electron chi connectivity index (χ0n) is 13.4. The van der Waals surface area contributed by atoms with Crippen LogP contribution in [0.2, 0.25) is 0 Å². The molecule has 0 amide bonds. The van der Waals surface area contributed by atoms with Gasteiger partial charge >= 0.3 is 0 Å². The van der Waals surface area contributed by atoms with Crippen LogP contribution in [0.25, 0.3) is 0 Å². The Balaban J connectivity index is 2.52. The minimum atomic E-state index is -0.196. The number of nitrogens with two attached hydrogens (primary N) is 1. The molecule has 2 N–H and O–H groups in total. The Morgan fingerprint density at radius 3 is 2.38 bits per heavy atom. The first-order valence-electron chi connectivity index (χ1n) is 7.21. The number of ether oxygens (including phenoxy) is 1. The van der Waals surface area contributed by atoms with Crippen molar-refractivity contribution >= 4 is 0 Å². The molecule has 0 saturated heterocycles. The van der Waals surface area contributed by atoms with Crippen LogP contribution >= 0.6 is 0 Å². The van der Waals surface area contributed by atoms with Gasteiger partial charge in [-0.3, -0.25) is 0 Å². The summed E-state index contributed by atoms with van der Waals surface area (Å²) in [6.45, 7) is 8.10. The van der Waals surface area contributed by atoms with Crippen LogP contribution in [0, 0.1) is 20.8 Å². The van der Waals surface area contributed by atoms with Gasteiger partial charge in [-0.2, -0.15) is 10.2 Å². The Morgan fingerprint density at radius 1 is 1.05 bits per heavy atom. The lowest BCUT2D eigenvalue weighted by Crippen LogP contribution is -2.17. The van der Waals surface area contributed by atoms with Crippen LogP contribution in [0.3, 0.4) is 0 Å². The number of hydrogen-bond donors (Lipinski definition) is 1. The van der Waals surface area contributed by atoms with Gasteiger partial charge in [0, 0.05) is 0 Å². The van der Waals surface area contributed by atoms with Gasteiger partial charge in [0.15, 0.2) is 0 Å². The zero-order valence-corrected chi connectivity index (χ0v) is 13.4. The van der Waals surface area contributed by atoms with Crippen LogP contribution in [0.4, 0.5) is 0 Å². The molecule has 4 heteroatoms. The van der Waals surface area contributed by atoms with Crippen LogP contribution < -0.4 is 10.5 Å². The van der Waals surface area contributed by atoms with E-state index in [-0.39, 0.29) is 6.04 Å². The van der Waals surface area contributed by atoms with Crippen LogP contribution in [-0.2, 0) is 6.42 Å². The first-order chi connectivity index (χ1) is 9.97. The van der Waals surface area contributed by atoms with E-state index in [0.29, 0.717) is 0 Å². The molecular weight excluding hydrogens is 262 g/mol. The lowest BCUT2D eigenvalue weighted by Gasteiger charge is -2.19. The molecule has 2 rings (SSSR count). The van der Waals surface area contributed by atoms with Gasteiger partial charge in [0.2, 0.25) is 0 Å². The largest absolute Gasteiger partial charge is 0.496 e. The van der Waals surface area contributed by atoms with Crippen LogP contribution in [0.1, 0.15) is 46.6 Å². The highest BCUT2D eigenvalue weighted by atomic mass is 16.5. The summed E-state index contributed by atoms with van der Waals surface area (Å²) in [6, 6.07) is 5.99. The third kappa shape index (κ3) is 3.05. The number of methoxy groups -OCH3 is 1. The fraction of sp³-hybridized carbons (Fsp3) is 0.412. The van der Waals surface area contributed by atoms with Crippen molar-refractivity contribution in [1.29, 1.82) is 0 Å². The molecule has 0 aliphatic heterocycles. The zero-order chi connectivity index (χ0) is 15.6. The number of benzene rings is 1. The predicted octanol–water partition coefficient (Wildman–Crippen LogP) is 3.02. The summed E-state index contributed by atoms with van der Waals surface area (Å²) in [4.78, 5) is 0. The molecule has 1 aromatic carbocycles. The van der Waals surface area contributed by atoms with Gasteiger partial charge in [-0.15, -0.1) is 0 Å². The van der Waals surface area contributed by atoms with Gasteiger partial charge in [-0.25, -0.2) is 0 Å². The third-order valence-electron chi connectivity index (χ3n) is 3.81. The lowest BCUT2D eigenvalue weighted by molar-refractivity contribution is 0.411. The molecule has 4 nitrogen and oxygen atoms in total. The van der Waals surface area contributed by atoms with E-state index in [9.17, 15) is 0 Å². The fourth-order valence-electron chi connectivity index (χ4n) is 2.61. The molecule has 0 spiro atoms. The van der Waals surface area contributed by atoms with Crippen LogP contribution in [-0.4, -0.2) is 17.3 Å². The Hall–Kier alpha value is -1.94. The third-order valence-corrected chi connectivity index (χ3v) is 3.81. The molecule has 21 heavy (non-hydrogen) atoms. The molecular formula is C17H23N3O. The highest BCUT2D eigenvalue weighted by molar-refractivity contribution is 5.46. The van der Waals surface area contributed by atoms with Crippen LogP contribution in [0.5, 0.6) is 5.75 Å². The van der Waals surface area contributed by atoms with Crippen LogP contribution in [0.15, 0.2) is 18.2 Å². The van der Waals surface area contributed by atoms with E-state index in [1.807, 2.05) is 26.0 Å². The fourth-order valence-corrected chi connectivity index (χ4v) is 2.61. The summed E-state index contributed by atoms with van der Waals surface area (Å²) in [5.74, 6) is 0.892. The van der Waals surface area contributed by atoms with Crippen molar-refractivity contribution in [2.24, 2.45) is 5.73 Å². The molecule has 0 aliphatic rings. The Kier molecular flexibility index (Phi) is 4.58. The first kappa shape index (κ1) is 15.4. The quantitative estimate of drug-likeness (QED) is 0.938. The molecule has 0 saturated carbocycles. The van der Waals surface area contributed by atoms with Gasteiger partial charge in [0.05, 0.1) is 24.5 Å². The number of rotatable bonds is 4. The molecule has 0 radical (unpaired) electrons. The normalized spacial score (nSPS) is 12.3. The highest BCUT2D eigenvalue weighted by Gasteiger charge is 2.18. The maximum atomic E-state index is 6.51. The summed E-state index contributed by atoms with van der Waals surface area (Å²) in [7, 11) is 1.69. The average molecular weight is 285 g/mol. The van der Waals surface area contributed by atoms with E-state index in [1.165, 1.54) is 0 Å². The summed E-state index contributed by atoms with van der Waals surface area (Å²) in [5.41, 5.74) is 12.7. The second-order valence-electron chi connectivity index (χ2n) is 5.40. The topological polar surface area (TPSA) is 61.0 Å². The van der Waals surface area contributed by atoms with Crippen molar-refractivity contribution < 1.29 is 4.74 Å². The molecule has 1 unspecified atom stereocenters. The van der Waals surface area contributed by atoms with Gasteiger partial charge in [0.25, 0.3) is 0 Å². The molecule has 1 aromatic heterocycles. The minimum Gasteiger partial charge on any atom is -0.496 e. The van der Waals surface area contributed by atoms with E-state index in [1.54, 1.807) is 7.11 Å².